The van der Waals surface area contributed by atoms with Gasteiger partial charge in [-0.1, -0.05) is 48.5 Å². The molecule has 0 aliphatic carbocycles. The minimum absolute atomic E-state index is 0.0217. The Hall–Kier alpha value is -3.60. The first kappa shape index (κ1) is 17.2. The summed E-state index contributed by atoms with van der Waals surface area (Å²) in [5.74, 6) is -1.55. The van der Waals surface area contributed by atoms with Crippen molar-refractivity contribution >= 4 is 11.9 Å². The second-order valence-corrected chi connectivity index (χ2v) is 5.61. The smallest absolute Gasteiger partial charge is 0.386 e. The van der Waals surface area contributed by atoms with Crippen LogP contribution in [0.4, 0.5) is 0 Å². The molecule has 3 rings (SSSR count). The van der Waals surface area contributed by atoms with Crippen molar-refractivity contribution in [1.82, 2.24) is 0 Å². The number of hydrogen-bond acceptors (Lipinski definition) is 5. The monoisotopic (exact) mass is 348 g/mol. The molecule has 0 unspecified atom stereocenters. The molecule has 0 saturated heterocycles. The van der Waals surface area contributed by atoms with Crippen LogP contribution in [-0.2, 0) is 16.2 Å². The van der Waals surface area contributed by atoms with Gasteiger partial charge in [-0.15, -0.1) is 0 Å². The van der Waals surface area contributed by atoms with Crippen LogP contribution in [0.3, 0.4) is 0 Å². The molecular weight excluding hydrogens is 332 g/mol. The third kappa shape index (κ3) is 4.27. The predicted molar refractivity (Wildman–Crippen MR) is 94.6 cm³/mol. The third-order valence-electron chi connectivity index (χ3n) is 3.77. The Morgan fingerprint density at radius 3 is 2.08 bits per heavy atom. The van der Waals surface area contributed by atoms with E-state index in [4.69, 9.17) is 4.89 Å². The largest absolute Gasteiger partial charge is 0.508 e. The number of carbonyl (C=O) groups is 2. The molecule has 0 saturated carbocycles. The van der Waals surface area contributed by atoms with Crippen molar-refractivity contribution in [3.8, 4) is 5.75 Å². The summed E-state index contributed by atoms with van der Waals surface area (Å²) >= 11 is 0. The Balaban J connectivity index is 1.68. The van der Waals surface area contributed by atoms with Crippen LogP contribution in [0.15, 0.2) is 78.9 Å². The summed E-state index contributed by atoms with van der Waals surface area (Å²) in [6.45, 7) is 0. The number of benzene rings is 3. The lowest BCUT2D eigenvalue weighted by molar-refractivity contribution is -0.187. The molecule has 3 aromatic carbocycles. The van der Waals surface area contributed by atoms with Crippen molar-refractivity contribution in [2.24, 2.45) is 0 Å². The van der Waals surface area contributed by atoms with E-state index in [9.17, 15) is 14.7 Å². The van der Waals surface area contributed by atoms with Gasteiger partial charge in [0.1, 0.15) is 5.75 Å². The van der Waals surface area contributed by atoms with Gasteiger partial charge in [0.05, 0.1) is 11.1 Å². The molecule has 0 aliphatic heterocycles. The fourth-order valence-corrected chi connectivity index (χ4v) is 2.46. The Labute approximate surface area is 150 Å². The molecule has 26 heavy (non-hydrogen) atoms. The van der Waals surface area contributed by atoms with Gasteiger partial charge < -0.3 is 5.11 Å². The molecule has 3 aromatic rings. The number of hydrogen-bond donors (Lipinski definition) is 1. The van der Waals surface area contributed by atoms with Crippen molar-refractivity contribution in [1.29, 1.82) is 0 Å². The fraction of sp³-hybridized carbons (Fsp3) is 0.0476. The number of rotatable bonds is 4. The summed E-state index contributed by atoms with van der Waals surface area (Å²) in [5, 5.41) is 9.22. The molecule has 5 nitrogen and oxygen atoms in total. The zero-order valence-corrected chi connectivity index (χ0v) is 13.8. The van der Waals surface area contributed by atoms with E-state index in [1.807, 2.05) is 42.5 Å². The summed E-state index contributed by atoms with van der Waals surface area (Å²) in [5.41, 5.74) is 2.31. The molecule has 0 bridgehead atoms. The highest BCUT2D eigenvalue weighted by atomic mass is 17.2. The molecule has 130 valence electrons. The molecule has 1 N–H and O–H groups in total. The van der Waals surface area contributed by atoms with Crippen molar-refractivity contribution in [2.75, 3.05) is 0 Å². The minimum Gasteiger partial charge on any atom is -0.508 e. The lowest BCUT2D eigenvalue weighted by Gasteiger charge is -2.08. The molecule has 0 spiro atoms. The predicted octanol–water partition coefficient (Wildman–Crippen LogP) is 3.91. The van der Waals surface area contributed by atoms with E-state index in [0.29, 0.717) is 12.0 Å². The van der Waals surface area contributed by atoms with Crippen LogP contribution < -0.4 is 0 Å². The van der Waals surface area contributed by atoms with Crippen LogP contribution in [0.25, 0.3) is 0 Å². The number of phenolic OH excluding ortho intramolecular Hbond substituents is 1. The van der Waals surface area contributed by atoms with Crippen LogP contribution in [0.5, 0.6) is 5.75 Å². The van der Waals surface area contributed by atoms with Crippen molar-refractivity contribution in [2.45, 2.75) is 6.42 Å². The average molecular weight is 348 g/mol. The van der Waals surface area contributed by atoms with Gasteiger partial charge in [0, 0.05) is 0 Å². The molecule has 0 aliphatic rings. The Morgan fingerprint density at radius 2 is 1.35 bits per heavy atom. The van der Waals surface area contributed by atoms with Gasteiger partial charge in [-0.05, 0) is 47.9 Å². The maximum atomic E-state index is 12.3. The van der Waals surface area contributed by atoms with Crippen molar-refractivity contribution in [3.05, 3.63) is 101 Å². The molecule has 0 heterocycles. The highest BCUT2D eigenvalue weighted by Crippen LogP contribution is 2.16. The van der Waals surface area contributed by atoms with Crippen LogP contribution >= 0.6 is 0 Å². The first-order chi connectivity index (χ1) is 12.6. The summed E-state index contributed by atoms with van der Waals surface area (Å²) in [6, 6.07) is 22.1. The van der Waals surface area contributed by atoms with Crippen molar-refractivity contribution in [3.63, 3.8) is 0 Å². The van der Waals surface area contributed by atoms with E-state index < -0.39 is 11.9 Å². The van der Waals surface area contributed by atoms with Crippen molar-refractivity contribution < 1.29 is 24.5 Å². The van der Waals surface area contributed by atoms with Gasteiger partial charge in [0.2, 0.25) is 0 Å². The first-order valence-corrected chi connectivity index (χ1v) is 7.97. The third-order valence-corrected chi connectivity index (χ3v) is 3.77. The van der Waals surface area contributed by atoms with Crippen LogP contribution in [-0.4, -0.2) is 17.0 Å². The molecule has 0 fully saturated rings. The van der Waals surface area contributed by atoms with Crippen LogP contribution in [0.2, 0.25) is 0 Å². The van der Waals surface area contributed by atoms with Gasteiger partial charge in [-0.25, -0.2) is 19.4 Å². The standard InChI is InChI=1S/C21H16O5/c22-18-12-10-16(11-13-18)20(23)25-26-21(24)19-9-5-4-8-17(19)14-15-6-2-1-3-7-15/h1-13,22H,14H2. The fourth-order valence-electron chi connectivity index (χ4n) is 2.46. The van der Waals surface area contributed by atoms with E-state index >= 15 is 0 Å². The molecule has 0 radical (unpaired) electrons. The molecule has 0 amide bonds. The van der Waals surface area contributed by atoms with Gasteiger partial charge in [-0.3, -0.25) is 0 Å². The molecule has 0 atom stereocenters. The number of aromatic hydroxyl groups is 1. The lowest BCUT2D eigenvalue weighted by atomic mass is 10.00. The highest BCUT2D eigenvalue weighted by Gasteiger charge is 2.17. The first-order valence-electron chi connectivity index (χ1n) is 7.97. The van der Waals surface area contributed by atoms with Gasteiger partial charge in [0.15, 0.2) is 0 Å². The number of carbonyl (C=O) groups excluding carboxylic acids is 2. The van der Waals surface area contributed by atoms with Crippen LogP contribution in [0.1, 0.15) is 31.8 Å². The Bertz CT molecular complexity index is 901. The minimum atomic E-state index is -0.820. The SMILES string of the molecule is O=C(OOC(=O)c1ccccc1Cc1ccccc1)c1ccc(O)cc1. The average Bonchev–Trinajstić information content (AvgIpc) is 2.67. The Kier molecular flexibility index (Phi) is 5.29. The maximum absolute atomic E-state index is 12.3. The topological polar surface area (TPSA) is 72.8 Å². The van der Waals surface area contributed by atoms with Gasteiger partial charge in [-0.2, -0.15) is 0 Å². The van der Waals surface area contributed by atoms with Gasteiger partial charge >= 0.3 is 11.9 Å². The molecular formula is C21H16O5. The summed E-state index contributed by atoms with van der Waals surface area (Å²) < 4.78 is 0. The summed E-state index contributed by atoms with van der Waals surface area (Å²) in [7, 11) is 0. The van der Waals surface area contributed by atoms with E-state index in [0.717, 1.165) is 11.1 Å². The number of phenols is 1. The quantitative estimate of drug-likeness (QED) is 0.572. The summed E-state index contributed by atoms with van der Waals surface area (Å²) in [4.78, 5) is 33.5. The molecule has 5 heteroatoms. The second kappa shape index (κ2) is 7.98. The lowest BCUT2D eigenvalue weighted by Crippen LogP contribution is -2.13. The highest BCUT2D eigenvalue weighted by molar-refractivity contribution is 5.93. The van der Waals surface area contributed by atoms with E-state index in [1.54, 1.807) is 12.1 Å². The Morgan fingerprint density at radius 1 is 0.731 bits per heavy atom. The zero-order chi connectivity index (χ0) is 18.4. The maximum Gasteiger partial charge on any atom is 0.386 e. The normalized spacial score (nSPS) is 10.2. The van der Waals surface area contributed by atoms with E-state index in [-0.39, 0.29) is 11.3 Å². The van der Waals surface area contributed by atoms with Gasteiger partial charge in [0.25, 0.3) is 0 Å². The van der Waals surface area contributed by atoms with Crippen LogP contribution in [0, 0.1) is 0 Å². The van der Waals surface area contributed by atoms with E-state index in [2.05, 4.69) is 4.89 Å². The second-order valence-electron chi connectivity index (χ2n) is 5.61. The molecule has 0 aromatic heterocycles. The zero-order valence-electron chi connectivity index (χ0n) is 13.8. The van der Waals surface area contributed by atoms with E-state index in [1.165, 1.54) is 24.3 Å². The summed E-state index contributed by atoms with van der Waals surface area (Å²) in [6.07, 6.45) is 0.554.